The van der Waals surface area contributed by atoms with Crippen molar-refractivity contribution >= 4 is 11.8 Å². The van der Waals surface area contributed by atoms with Crippen molar-refractivity contribution in [3.8, 4) is 0 Å². The molecular formula is C14H29NS. The first-order valence-electron chi connectivity index (χ1n) is 7.18. The van der Waals surface area contributed by atoms with E-state index in [0.717, 1.165) is 11.3 Å². The van der Waals surface area contributed by atoms with Crippen LogP contribution in [0.25, 0.3) is 0 Å². The molecule has 0 aliphatic heterocycles. The Morgan fingerprint density at radius 2 is 2.00 bits per heavy atom. The van der Waals surface area contributed by atoms with Crippen LogP contribution in [0.3, 0.4) is 0 Å². The molecule has 0 aromatic rings. The largest absolute Gasteiger partial charge is 0.313 e. The zero-order valence-corrected chi connectivity index (χ0v) is 12.0. The summed E-state index contributed by atoms with van der Waals surface area (Å²) < 4.78 is 0. The van der Waals surface area contributed by atoms with Crippen LogP contribution in [0.5, 0.6) is 0 Å². The van der Waals surface area contributed by atoms with Crippen LogP contribution in [0, 0.1) is 0 Å². The lowest BCUT2D eigenvalue weighted by atomic mass is 10.1. The maximum atomic E-state index is 3.64. The van der Waals surface area contributed by atoms with Gasteiger partial charge in [-0.15, -0.1) is 0 Å². The molecule has 16 heavy (non-hydrogen) atoms. The highest BCUT2D eigenvalue weighted by atomic mass is 32.2. The van der Waals surface area contributed by atoms with E-state index < -0.39 is 0 Å². The van der Waals surface area contributed by atoms with Crippen molar-refractivity contribution in [2.75, 3.05) is 12.3 Å². The Morgan fingerprint density at radius 3 is 2.69 bits per heavy atom. The van der Waals surface area contributed by atoms with Gasteiger partial charge in [-0.05, 0) is 26.2 Å². The van der Waals surface area contributed by atoms with E-state index in [2.05, 4.69) is 30.9 Å². The number of hydrogen-bond acceptors (Lipinski definition) is 2. The van der Waals surface area contributed by atoms with Crippen molar-refractivity contribution in [3.05, 3.63) is 0 Å². The molecule has 0 aromatic carbocycles. The van der Waals surface area contributed by atoms with Gasteiger partial charge in [-0.3, -0.25) is 0 Å². The summed E-state index contributed by atoms with van der Waals surface area (Å²) in [5.41, 5.74) is 0. The Kier molecular flexibility index (Phi) is 8.40. The summed E-state index contributed by atoms with van der Waals surface area (Å²) in [4.78, 5) is 0. The van der Waals surface area contributed by atoms with Gasteiger partial charge in [0, 0.05) is 23.6 Å². The monoisotopic (exact) mass is 243 g/mol. The first-order valence-corrected chi connectivity index (χ1v) is 8.22. The second-order valence-corrected chi connectivity index (χ2v) is 6.54. The lowest BCUT2D eigenvalue weighted by Gasteiger charge is -2.14. The summed E-state index contributed by atoms with van der Waals surface area (Å²) in [5.74, 6) is 1.31. The maximum Gasteiger partial charge on any atom is 0.00609 e. The van der Waals surface area contributed by atoms with Crippen molar-refractivity contribution in [2.24, 2.45) is 0 Å². The number of unbranched alkanes of at least 4 members (excludes halogenated alkanes) is 2. The second kappa shape index (κ2) is 9.35. The fourth-order valence-electron chi connectivity index (χ4n) is 2.39. The highest BCUT2D eigenvalue weighted by Crippen LogP contribution is 2.28. The van der Waals surface area contributed by atoms with Crippen LogP contribution in [-0.4, -0.2) is 23.6 Å². The Labute approximate surface area is 106 Å². The molecule has 1 saturated carbocycles. The van der Waals surface area contributed by atoms with Crippen molar-refractivity contribution in [2.45, 2.75) is 76.5 Å². The molecule has 0 bridgehead atoms. The van der Waals surface area contributed by atoms with Crippen LogP contribution < -0.4 is 5.32 Å². The molecule has 1 unspecified atom stereocenters. The maximum absolute atomic E-state index is 3.64. The minimum absolute atomic E-state index is 0.718. The quantitative estimate of drug-likeness (QED) is 0.609. The predicted molar refractivity (Wildman–Crippen MR) is 76.3 cm³/mol. The molecule has 1 nitrogen and oxygen atoms in total. The van der Waals surface area contributed by atoms with Crippen molar-refractivity contribution in [1.29, 1.82) is 0 Å². The first-order chi connectivity index (χ1) is 7.83. The third kappa shape index (κ3) is 6.80. The summed E-state index contributed by atoms with van der Waals surface area (Å²) >= 11 is 2.19. The average molecular weight is 243 g/mol. The number of rotatable bonds is 9. The van der Waals surface area contributed by atoms with Crippen LogP contribution in [0.4, 0.5) is 0 Å². The standard InChI is InChI=1S/C14H29NS/c1-3-4-5-8-13(2)15-11-12-16-14-9-6-7-10-14/h13-15H,3-12H2,1-2H3. The minimum atomic E-state index is 0.718. The molecule has 1 rings (SSSR count). The molecule has 0 aromatic heterocycles. The normalized spacial score (nSPS) is 19.1. The molecule has 1 aliphatic carbocycles. The van der Waals surface area contributed by atoms with E-state index >= 15 is 0 Å². The van der Waals surface area contributed by atoms with E-state index in [1.54, 1.807) is 0 Å². The third-order valence-electron chi connectivity index (χ3n) is 3.49. The van der Waals surface area contributed by atoms with Gasteiger partial charge in [0.15, 0.2) is 0 Å². The topological polar surface area (TPSA) is 12.0 Å². The second-order valence-electron chi connectivity index (χ2n) is 5.13. The lowest BCUT2D eigenvalue weighted by molar-refractivity contribution is 0.502. The molecule has 1 fully saturated rings. The number of thioether (sulfide) groups is 1. The van der Waals surface area contributed by atoms with Gasteiger partial charge in [0.2, 0.25) is 0 Å². The molecule has 0 amide bonds. The van der Waals surface area contributed by atoms with Gasteiger partial charge < -0.3 is 5.32 Å². The van der Waals surface area contributed by atoms with Crippen LogP contribution in [0.15, 0.2) is 0 Å². The highest BCUT2D eigenvalue weighted by molar-refractivity contribution is 7.99. The van der Waals surface area contributed by atoms with Crippen LogP contribution in [-0.2, 0) is 0 Å². The first kappa shape index (κ1) is 14.4. The van der Waals surface area contributed by atoms with Gasteiger partial charge in [0.05, 0.1) is 0 Å². The molecule has 1 atom stereocenters. The molecule has 1 N–H and O–H groups in total. The van der Waals surface area contributed by atoms with E-state index in [-0.39, 0.29) is 0 Å². The summed E-state index contributed by atoms with van der Waals surface area (Å²) in [6.45, 7) is 5.81. The van der Waals surface area contributed by atoms with E-state index in [9.17, 15) is 0 Å². The van der Waals surface area contributed by atoms with E-state index in [1.165, 1.54) is 63.7 Å². The Balaban J connectivity index is 1.85. The molecule has 2 heteroatoms. The molecule has 1 aliphatic rings. The smallest absolute Gasteiger partial charge is 0.00609 e. The van der Waals surface area contributed by atoms with Crippen LogP contribution in [0.1, 0.15) is 65.2 Å². The Morgan fingerprint density at radius 1 is 1.25 bits per heavy atom. The summed E-state index contributed by atoms with van der Waals surface area (Å²) in [7, 11) is 0. The minimum Gasteiger partial charge on any atom is -0.313 e. The Hall–Kier alpha value is 0.310. The molecule has 0 spiro atoms. The van der Waals surface area contributed by atoms with E-state index in [0.29, 0.717) is 0 Å². The van der Waals surface area contributed by atoms with Crippen molar-refractivity contribution in [3.63, 3.8) is 0 Å². The van der Waals surface area contributed by atoms with Gasteiger partial charge in [-0.2, -0.15) is 11.8 Å². The van der Waals surface area contributed by atoms with Gasteiger partial charge in [-0.1, -0.05) is 39.0 Å². The average Bonchev–Trinajstić information content (AvgIpc) is 2.78. The van der Waals surface area contributed by atoms with Gasteiger partial charge >= 0.3 is 0 Å². The zero-order chi connectivity index (χ0) is 11.6. The zero-order valence-electron chi connectivity index (χ0n) is 11.1. The lowest BCUT2D eigenvalue weighted by Crippen LogP contribution is -2.28. The van der Waals surface area contributed by atoms with Crippen molar-refractivity contribution < 1.29 is 0 Å². The van der Waals surface area contributed by atoms with Crippen molar-refractivity contribution in [1.82, 2.24) is 5.32 Å². The van der Waals surface area contributed by atoms with Crippen LogP contribution in [0.2, 0.25) is 0 Å². The van der Waals surface area contributed by atoms with Crippen LogP contribution >= 0.6 is 11.8 Å². The van der Waals surface area contributed by atoms with E-state index in [4.69, 9.17) is 0 Å². The molecule has 0 radical (unpaired) electrons. The summed E-state index contributed by atoms with van der Waals surface area (Å²) in [5, 5.41) is 4.63. The molecule has 0 saturated heterocycles. The summed E-state index contributed by atoms with van der Waals surface area (Å²) in [6, 6.07) is 0.718. The molecular weight excluding hydrogens is 214 g/mol. The highest BCUT2D eigenvalue weighted by Gasteiger charge is 2.14. The van der Waals surface area contributed by atoms with Gasteiger partial charge in [0.1, 0.15) is 0 Å². The number of nitrogens with one attached hydrogen (secondary N) is 1. The molecule has 0 heterocycles. The third-order valence-corrected chi connectivity index (χ3v) is 4.87. The van der Waals surface area contributed by atoms with Gasteiger partial charge in [0.25, 0.3) is 0 Å². The van der Waals surface area contributed by atoms with E-state index in [1.807, 2.05) is 0 Å². The predicted octanol–water partition coefficient (Wildman–Crippen LogP) is 4.22. The molecule has 96 valence electrons. The summed E-state index contributed by atoms with van der Waals surface area (Å²) in [6.07, 6.45) is 11.3. The SMILES string of the molecule is CCCCCC(C)NCCSC1CCCC1. The fourth-order valence-corrected chi connectivity index (χ4v) is 3.62. The van der Waals surface area contributed by atoms with Gasteiger partial charge in [-0.25, -0.2) is 0 Å². The number of hydrogen-bond donors (Lipinski definition) is 1. The fraction of sp³-hybridized carbons (Fsp3) is 1.00. The Bertz CT molecular complexity index is 155.